The first-order valence-corrected chi connectivity index (χ1v) is 9.91. The molecule has 1 aromatic carbocycles. The Labute approximate surface area is 170 Å². The molecule has 27 heavy (non-hydrogen) atoms. The molecule has 0 spiro atoms. The predicted molar refractivity (Wildman–Crippen MR) is 109 cm³/mol. The van der Waals surface area contributed by atoms with Crippen LogP contribution in [0.25, 0.3) is 11.0 Å². The number of amides is 1. The molecule has 4 rings (SSSR count). The van der Waals surface area contributed by atoms with Gasteiger partial charge in [-0.3, -0.25) is 9.63 Å². The van der Waals surface area contributed by atoms with Gasteiger partial charge in [0.25, 0.3) is 5.91 Å². The summed E-state index contributed by atoms with van der Waals surface area (Å²) in [5.74, 6) is -0.0635. The first-order valence-electron chi connectivity index (χ1n) is 8.83. The molecule has 0 saturated heterocycles. The Morgan fingerprint density at radius 1 is 1.41 bits per heavy atom. The molecule has 0 atom stereocenters. The molecule has 2 aromatic heterocycles. The maximum Gasteiger partial charge on any atom is 0.277 e. The van der Waals surface area contributed by atoms with Crippen molar-refractivity contribution in [2.24, 2.45) is 13.0 Å². The van der Waals surface area contributed by atoms with Gasteiger partial charge in [-0.15, -0.1) is 0 Å². The van der Waals surface area contributed by atoms with Gasteiger partial charge < -0.3 is 4.57 Å². The van der Waals surface area contributed by atoms with Crippen LogP contribution in [0, 0.1) is 15.3 Å². The van der Waals surface area contributed by atoms with Gasteiger partial charge in [-0.25, -0.2) is 14.9 Å². The number of hydrogen-bond donors (Lipinski definition) is 1. The highest BCUT2D eigenvalue weighted by atomic mass is 127. The molecule has 3 aromatic rings. The minimum atomic E-state index is -0.324. The van der Waals surface area contributed by atoms with Crippen molar-refractivity contribution < 1.29 is 14.0 Å². The van der Waals surface area contributed by atoms with Crippen molar-refractivity contribution in [1.29, 1.82) is 0 Å². The lowest BCUT2D eigenvalue weighted by molar-refractivity contribution is 0.0271. The fraction of sp³-hybridized carbons (Fsp3) is 0.300. The van der Waals surface area contributed by atoms with Crippen LogP contribution in [0.15, 0.2) is 36.5 Å². The molecule has 1 N–H and O–H groups in total. The molecular formula is C20H19FIN3O2. The van der Waals surface area contributed by atoms with E-state index in [2.05, 4.69) is 33.1 Å². The van der Waals surface area contributed by atoms with E-state index < -0.39 is 0 Å². The minimum Gasteiger partial charge on any atom is -0.332 e. The third-order valence-electron chi connectivity index (χ3n) is 4.85. The number of pyridine rings is 1. The Hall–Kier alpha value is -2.00. The van der Waals surface area contributed by atoms with Crippen molar-refractivity contribution in [1.82, 2.24) is 15.0 Å². The first kappa shape index (κ1) is 18.4. The summed E-state index contributed by atoms with van der Waals surface area (Å²) >= 11 is 2.08. The molecule has 7 heteroatoms. The zero-order chi connectivity index (χ0) is 19.0. The van der Waals surface area contributed by atoms with Gasteiger partial charge in [-0.05, 0) is 71.2 Å². The van der Waals surface area contributed by atoms with Crippen LogP contribution in [-0.4, -0.2) is 22.1 Å². The third kappa shape index (κ3) is 3.84. The second kappa shape index (κ2) is 7.55. The number of hydroxylamine groups is 1. The molecule has 2 heterocycles. The van der Waals surface area contributed by atoms with Gasteiger partial charge in [0.15, 0.2) is 0 Å². The van der Waals surface area contributed by atoms with Crippen LogP contribution in [-0.2, 0) is 18.3 Å². The lowest BCUT2D eigenvalue weighted by Gasteiger charge is -2.10. The Bertz CT molecular complexity index is 1010. The lowest BCUT2D eigenvalue weighted by Crippen LogP contribution is -2.26. The van der Waals surface area contributed by atoms with E-state index in [1.807, 2.05) is 23.7 Å². The molecule has 0 bridgehead atoms. The molecular weight excluding hydrogens is 460 g/mol. The number of aromatic nitrogens is 2. The summed E-state index contributed by atoms with van der Waals surface area (Å²) in [7, 11) is 1.84. The van der Waals surface area contributed by atoms with Crippen LogP contribution in [0.1, 0.15) is 34.5 Å². The van der Waals surface area contributed by atoms with Crippen molar-refractivity contribution >= 4 is 39.5 Å². The number of hydrogen-bond acceptors (Lipinski definition) is 3. The van der Waals surface area contributed by atoms with Gasteiger partial charge in [0.05, 0.1) is 12.2 Å². The number of fused-ring (bicyclic) bond motifs is 1. The van der Waals surface area contributed by atoms with E-state index in [0.717, 1.165) is 21.8 Å². The highest BCUT2D eigenvalue weighted by molar-refractivity contribution is 14.1. The maximum absolute atomic E-state index is 14.4. The Morgan fingerprint density at radius 2 is 2.22 bits per heavy atom. The summed E-state index contributed by atoms with van der Waals surface area (Å²) < 4.78 is 17.1. The predicted octanol–water partition coefficient (Wildman–Crippen LogP) is 3.98. The molecule has 1 amide bonds. The van der Waals surface area contributed by atoms with Crippen molar-refractivity contribution in [2.45, 2.75) is 19.3 Å². The standard InChI is InChI=1S/C20H19FIN3O2/c1-25-17(9-13-6-7-14(22)10-16(13)21)18(15-3-2-8-23-19(15)25)20(26)24-27-11-12-4-5-12/h2-3,6-8,10,12H,4-5,9,11H2,1H3,(H,24,26). The number of carbonyl (C=O) groups is 1. The Balaban J connectivity index is 1.71. The van der Waals surface area contributed by atoms with E-state index in [9.17, 15) is 9.18 Å². The van der Waals surface area contributed by atoms with E-state index in [0.29, 0.717) is 41.4 Å². The lowest BCUT2D eigenvalue weighted by atomic mass is 10.0. The van der Waals surface area contributed by atoms with E-state index in [-0.39, 0.29) is 11.7 Å². The van der Waals surface area contributed by atoms with E-state index in [4.69, 9.17) is 4.84 Å². The topological polar surface area (TPSA) is 56.2 Å². The average molecular weight is 479 g/mol. The van der Waals surface area contributed by atoms with Crippen LogP contribution < -0.4 is 5.48 Å². The molecule has 0 unspecified atom stereocenters. The van der Waals surface area contributed by atoms with Gasteiger partial charge in [0, 0.05) is 34.3 Å². The Kier molecular flexibility index (Phi) is 5.14. The molecule has 0 aliphatic heterocycles. The van der Waals surface area contributed by atoms with Crippen LogP contribution >= 0.6 is 22.6 Å². The molecule has 5 nitrogen and oxygen atoms in total. The number of halogens is 2. The fourth-order valence-electron chi connectivity index (χ4n) is 3.18. The van der Waals surface area contributed by atoms with Crippen molar-refractivity contribution in [3.05, 3.63) is 62.7 Å². The monoisotopic (exact) mass is 479 g/mol. The molecule has 1 aliphatic rings. The van der Waals surface area contributed by atoms with Crippen LogP contribution in [0.2, 0.25) is 0 Å². The number of rotatable bonds is 6. The largest absolute Gasteiger partial charge is 0.332 e. The normalized spacial score (nSPS) is 13.9. The number of benzene rings is 1. The zero-order valence-corrected chi connectivity index (χ0v) is 17.0. The van der Waals surface area contributed by atoms with E-state index >= 15 is 0 Å². The van der Waals surface area contributed by atoms with Gasteiger partial charge in [0.2, 0.25) is 0 Å². The van der Waals surface area contributed by atoms with Crippen LogP contribution in [0.3, 0.4) is 0 Å². The number of nitrogens with zero attached hydrogens (tertiary/aromatic N) is 2. The van der Waals surface area contributed by atoms with E-state index in [1.54, 1.807) is 18.3 Å². The maximum atomic E-state index is 14.4. The van der Waals surface area contributed by atoms with Crippen LogP contribution in [0.5, 0.6) is 0 Å². The summed E-state index contributed by atoms with van der Waals surface area (Å²) in [6.07, 6.45) is 4.26. The first-order chi connectivity index (χ1) is 13.0. The second-order valence-corrected chi connectivity index (χ2v) is 8.10. The van der Waals surface area contributed by atoms with Gasteiger partial charge >= 0.3 is 0 Å². The zero-order valence-electron chi connectivity index (χ0n) is 14.8. The highest BCUT2D eigenvalue weighted by Crippen LogP contribution is 2.29. The second-order valence-electron chi connectivity index (χ2n) is 6.85. The molecule has 1 saturated carbocycles. The van der Waals surface area contributed by atoms with Gasteiger partial charge in [-0.2, -0.15) is 0 Å². The molecule has 140 valence electrons. The number of aryl methyl sites for hydroxylation is 1. The summed E-state index contributed by atoms with van der Waals surface area (Å²) in [6.45, 7) is 0.524. The van der Waals surface area contributed by atoms with Crippen molar-refractivity contribution in [2.75, 3.05) is 6.61 Å². The summed E-state index contributed by atoms with van der Waals surface area (Å²) in [5, 5.41) is 0.730. The smallest absolute Gasteiger partial charge is 0.277 e. The highest BCUT2D eigenvalue weighted by Gasteiger charge is 2.25. The van der Waals surface area contributed by atoms with Crippen molar-refractivity contribution in [3.8, 4) is 0 Å². The molecule has 1 fully saturated rings. The Morgan fingerprint density at radius 3 is 2.96 bits per heavy atom. The van der Waals surface area contributed by atoms with Gasteiger partial charge in [0.1, 0.15) is 11.5 Å². The molecule has 0 radical (unpaired) electrons. The average Bonchev–Trinajstić information content (AvgIpc) is 3.42. The quantitative estimate of drug-likeness (QED) is 0.430. The number of carbonyl (C=O) groups excluding carboxylic acids is 1. The fourth-order valence-corrected chi connectivity index (χ4v) is 3.63. The van der Waals surface area contributed by atoms with Crippen molar-refractivity contribution in [3.63, 3.8) is 0 Å². The third-order valence-corrected chi connectivity index (χ3v) is 5.52. The van der Waals surface area contributed by atoms with Gasteiger partial charge in [-0.1, -0.05) is 6.07 Å². The summed E-state index contributed by atoms with van der Waals surface area (Å²) in [5.41, 5.74) is 4.96. The summed E-state index contributed by atoms with van der Waals surface area (Å²) in [6, 6.07) is 8.76. The van der Waals surface area contributed by atoms with E-state index in [1.165, 1.54) is 6.07 Å². The van der Waals surface area contributed by atoms with Crippen LogP contribution in [0.4, 0.5) is 4.39 Å². The number of nitrogens with one attached hydrogen (secondary N) is 1. The molecule has 1 aliphatic carbocycles. The minimum absolute atomic E-state index is 0.281. The summed E-state index contributed by atoms with van der Waals surface area (Å²) in [4.78, 5) is 22.6. The SMILES string of the molecule is Cn1c(Cc2ccc(I)cc2F)c(C(=O)NOCC2CC2)c2cccnc21.